The maximum Gasteiger partial charge on any atom is 0.227 e. The summed E-state index contributed by atoms with van der Waals surface area (Å²) >= 11 is 0. The molecule has 0 radical (unpaired) electrons. The summed E-state index contributed by atoms with van der Waals surface area (Å²) in [4.78, 5) is 14.7. The van der Waals surface area contributed by atoms with Gasteiger partial charge >= 0.3 is 0 Å². The van der Waals surface area contributed by atoms with Gasteiger partial charge in [-0.25, -0.2) is 0 Å². The average Bonchev–Trinajstić information content (AvgIpc) is 2.77. The van der Waals surface area contributed by atoms with Crippen LogP contribution in [-0.2, 0) is 17.8 Å². The van der Waals surface area contributed by atoms with Crippen LogP contribution >= 0.6 is 0 Å². The Morgan fingerprint density at radius 3 is 2.28 bits per heavy atom. The van der Waals surface area contributed by atoms with Crippen molar-refractivity contribution in [2.45, 2.75) is 31.8 Å². The number of hydrogen-bond acceptors (Lipinski definition) is 5. The molecule has 0 aromatic heterocycles. The molecule has 0 atom stereocenters. The van der Waals surface area contributed by atoms with Crippen LogP contribution in [0.1, 0.15) is 24.0 Å². The van der Waals surface area contributed by atoms with E-state index in [1.54, 1.807) is 21.3 Å². The molecule has 0 unspecified atom stereocenters. The van der Waals surface area contributed by atoms with Crippen LogP contribution in [0.25, 0.3) is 0 Å². The lowest BCUT2D eigenvalue weighted by Crippen LogP contribution is -2.45. The number of para-hydroxylation sites is 2. The second-order valence-corrected chi connectivity index (χ2v) is 7.18. The van der Waals surface area contributed by atoms with Crippen LogP contribution in [0, 0.1) is 0 Å². The summed E-state index contributed by atoms with van der Waals surface area (Å²) < 4.78 is 16.2. The minimum absolute atomic E-state index is 0.155. The summed E-state index contributed by atoms with van der Waals surface area (Å²) in [6.45, 7) is 2.24. The number of nitrogens with one attached hydrogen (secondary N) is 1. The summed E-state index contributed by atoms with van der Waals surface area (Å²) in [5.74, 6) is 2.43. The second-order valence-electron chi connectivity index (χ2n) is 7.18. The van der Waals surface area contributed by atoms with Gasteiger partial charge in [0.2, 0.25) is 5.91 Å². The predicted molar refractivity (Wildman–Crippen MR) is 113 cm³/mol. The Kier molecular flexibility index (Phi) is 7.36. The number of rotatable bonds is 8. The van der Waals surface area contributed by atoms with E-state index in [2.05, 4.69) is 5.32 Å². The third kappa shape index (κ3) is 5.21. The van der Waals surface area contributed by atoms with Gasteiger partial charge in [0, 0.05) is 36.8 Å². The molecule has 0 saturated carbocycles. The Bertz CT molecular complexity index is 816. The maximum absolute atomic E-state index is 12.7. The van der Waals surface area contributed by atoms with Gasteiger partial charge in [0.05, 0.1) is 27.8 Å². The lowest BCUT2D eigenvalue weighted by Gasteiger charge is -2.33. The third-order valence-electron chi connectivity index (χ3n) is 5.45. The lowest BCUT2D eigenvalue weighted by atomic mass is 10.0. The Morgan fingerprint density at radius 1 is 0.931 bits per heavy atom. The van der Waals surface area contributed by atoms with Crippen LogP contribution in [-0.4, -0.2) is 51.3 Å². The molecule has 6 nitrogen and oxygen atoms in total. The van der Waals surface area contributed by atoms with Gasteiger partial charge in [0.1, 0.15) is 5.75 Å². The molecule has 2 aromatic carbocycles. The number of carbonyl (C=O) groups excluding carboxylic acids is 1. The van der Waals surface area contributed by atoms with Crippen LogP contribution < -0.4 is 19.5 Å². The van der Waals surface area contributed by atoms with Gasteiger partial charge in [-0.2, -0.15) is 0 Å². The molecule has 29 heavy (non-hydrogen) atoms. The van der Waals surface area contributed by atoms with E-state index in [-0.39, 0.29) is 5.91 Å². The molecule has 3 rings (SSSR count). The summed E-state index contributed by atoms with van der Waals surface area (Å²) in [5, 5.41) is 3.60. The zero-order valence-electron chi connectivity index (χ0n) is 17.4. The fourth-order valence-electron chi connectivity index (χ4n) is 3.80. The van der Waals surface area contributed by atoms with E-state index in [1.165, 1.54) is 0 Å². The molecule has 0 bridgehead atoms. The first-order chi connectivity index (χ1) is 14.2. The standard InChI is InChI=1S/C23H30N2O4/c1-27-20-9-5-4-7-17(20)15-22(26)25-13-11-19(12-14-25)24-16-18-8-6-10-21(28-2)23(18)29-3/h4-10,19,24H,11-16H2,1-3H3. The fraction of sp³-hybridized carbons (Fsp3) is 0.435. The molecule has 6 heteroatoms. The van der Waals surface area contributed by atoms with E-state index in [1.807, 2.05) is 47.4 Å². The molecular weight excluding hydrogens is 368 g/mol. The van der Waals surface area contributed by atoms with Crippen molar-refractivity contribution < 1.29 is 19.0 Å². The van der Waals surface area contributed by atoms with Crippen LogP contribution in [0.3, 0.4) is 0 Å². The quantitative estimate of drug-likeness (QED) is 0.741. The Morgan fingerprint density at radius 2 is 1.59 bits per heavy atom. The SMILES string of the molecule is COc1ccccc1CC(=O)N1CCC(NCc2cccc(OC)c2OC)CC1. The molecule has 2 aromatic rings. The van der Waals surface area contributed by atoms with Gasteiger partial charge < -0.3 is 24.4 Å². The molecule has 1 heterocycles. The van der Waals surface area contributed by atoms with E-state index in [4.69, 9.17) is 14.2 Å². The second kappa shape index (κ2) is 10.2. The number of hydrogen-bond donors (Lipinski definition) is 1. The number of ether oxygens (including phenoxy) is 3. The number of amides is 1. The van der Waals surface area contributed by atoms with Crippen molar-refractivity contribution in [2.75, 3.05) is 34.4 Å². The van der Waals surface area contributed by atoms with Crippen molar-refractivity contribution in [3.05, 3.63) is 53.6 Å². The first-order valence-electron chi connectivity index (χ1n) is 9.99. The minimum atomic E-state index is 0.155. The molecule has 1 aliphatic heterocycles. The Labute approximate surface area is 172 Å². The number of carbonyl (C=O) groups is 1. The predicted octanol–water partition coefficient (Wildman–Crippen LogP) is 3.04. The highest BCUT2D eigenvalue weighted by molar-refractivity contribution is 5.79. The summed E-state index contributed by atoms with van der Waals surface area (Å²) in [6, 6.07) is 14.0. The van der Waals surface area contributed by atoms with E-state index in [0.29, 0.717) is 19.0 Å². The number of piperidine rings is 1. The first kappa shape index (κ1) is 21.0. The van der Waals surface area contributed by atoms with Crippen molar-refractivity contribution in [2.24, 2.45) is 0 Å². The number of likely N-dealkylation sites (tertiary alicyclic amines) is 1. The van der Waals surface area contributed by atoms with Crippen molar-refractivity contribution in [1.82, 2.24) is 10.2 Å². The van der Waals surface area contributed by atoms with Crippen LogP contribution in [0.4, 0.5) is 0 Å². The van der Waals surface area contributed by atoms with Gasteiger partial charge in [0.25, 0.3) is 0 Å². The molecule has 0 spiro atoms. The monoisotopic (exact) mass is 398 g/mol. The maximum atomic E-state index is 12.7. The van der Waals surface area contributed by atoms with E-state index in [0.717, 1.165) is 54.3 Å². The third-order valence-corrected chi connectivity index (χ3v) is 5.45. The van der Waals surface area contributed by atoms with Crippen molar-refractivity contribution in [3.8, 4) is 17.2 Å². The van der Waals surface area contributed by atoms with Gasteiger partial charge in [-0.15, -0.1) is 0 Å². The van der Waals surface area contributed by atoms with Crippen LogP contribution in [0.2, 0.25) is 0 Å². The molecular formula is C23H30N2O4. The normalized spacial score (nSPS) is 14.5. The summed E-state index contributed by atoms with van der Waals surface area (Å²) in [5.41, 5.74) is 2.01. The Balaban J connectivity index is 1.50. The highest BCUT2D eigenvalue weighted by Gasteiger charge is 2.23. The highest BCUT2D eigenvalue weighted by atomic mass is 16.5. The first-order valence-corrected chi connectivity index (χ1v) is 9.99. The molecule has 1 aliphatic rings. The smallest absolute Gasteiger partial charge is 0.227 e. The molecule has 156 valence electrons. The molecule has 1 amide bonds. The Hall–Kier alpha value is -2.73. The number of benzene rings is 2. The van der Waals surface area contributed by atoms with E-state index < -0.39 is 0 Å². The lowest BCUT2D eigenvalue weighted by molar-refractivity contribution is -0.131. The molecule has 0 aliphatic carbocycles. The number of methoxy groups -OCH3 is 3. The van der Waals surface area contributed by atoms with Crippen LogP contribution in [0.15, 0.2) is 42.5 Å². The van der Waals surface area contributed by atoms with Gasteiger partial charge in [0.15, 0.2) is 11.5 Å². The van der Waals surface area contributed by atoms with Crippen molar-refractivity contribution in [1.29, 1.82) is 0 Å². The van der Waals surface area contributed by atoms with Crippen LogP contribution in [0.5, 0.6) is 17.2 Å². The van der Waals surface area contributed by atoms with Gasteiger partial charge in [-0.1, -0.05) is 30.3 Å². The topological polar surface area (TPSA) is 60.0 Å². The zero-order chi connectivity index (χ0) is 20.6. The summed E-state index contributed by atoms with van der Waals surface area (Å²) in [7, 11) is 4.94. The average molecular weight is 399 g/mol. The molecule has 1 fully saturated rings. The van der Waals surface area contributed by atoms with Gasteiger partial charge in [-0.3, -0.25) is 4.79 Å². The van der Waals surface area contributed by atoms with E-state index in [9.17, 15) is 4.79 Å². The number of nitrogens with zero attached hydrogens (tertiary/aromatic N) is 1. The molecule has 1 saturated heterocycles. The fourth-order valence-corrected chi connectivity index (χ4v) is 3.80. The largest absolute Gasteiger partial charge is 0.496 e. The van der Waals surface area contributed by atoms with E-state index >= 15 is 0 Å². The molecule has 1 N–H and O–H groups in total. The summed E-state index contributed by atoms with van der Waals surface area (Å²) in [6.07, 6.45) is 2.25. The van der Waals surface area contributed by atoms with Crippen molar-refractivity contribution in [3.63, 3.8) is 0 Å². The van der Waals surface area contributed by atoms with Gasteiger partial charge in [-0.05, 0) is 25.0 Å². The minimum Gasteiger partial charge on any atom is -0.496 e. The highest BCUT2D eigenvalue weighted by Crippen LogP contribution is 2.30. The zero-order valence-corrected chi connectivity index (χ0v) is 17.4. The van der Waals surface area contributed by atoms with Crippen molar-refractivity contribution >= 4 is 5.91 Å².